The Balaban J connectivity index is 2.19. The van der Waals surface area contributed by atoms with Crippen LogP contribution in [0.25, 0.3) is 0 Å². The summed E-state index contributed by atoms with van der Waals surface area (Å²) in [7, 11) is 0. The standard InChI is InChI=1S/C25H40O7/c1-7-13(2)22(28)16(5)24(30)32-20-12-17(15(4)23(29)25(20,6)31)11-19(27)21-14(3)9-8-10-18(21)26/h13-14,16,18,20-22,26,28,31H,7-12H2,1-6H3/t13-,14+,16+,18-,20-,21-,22+,25-/m0/s1. The Morgan fingerprint density at radius 1 is 1.25 bits per heavy atom. The van der Waals surface area contributed by atoms with Gasteiger partial charge in [-0.3, -0.25) is 14.4 Å². The van der Waals surface area contributed by atoms with Gasteiger partial charge in [0, 0.05) is 18.8 Å². The van der Waals surface area contributed by atoms with E-state index in [-0.39, 0.29) is 30.5 Å². The molecule has 0 aromatic rings. The third kappa shape index (κ3) is 5.49. The van der Waals surface area contributed by atoms with Crippen LogP contribution in [0.4, 0.5) is 0 Å². The number of ketones is 2. The lowest BCUT2D eigenvalue weighted by Crippen LogP contribution is -2.53. The number of rotatable bonds is 8. The highest BCUT2D eigenvalue weighted by atomic mass is 16.6. The molecule has 1 saturated carbocycles. The summed E-state index contributed by atoms with van der Waals surface area (Å²) in [6.07, 6.45) is 0.347. The van der Waals surface area contributed by atoms with E-state index in [0.717, 1.165) is 12.8 Å². The monoisotopic (exact) mass is 452 g/mol. The molecule has 7 nitrogen and oxygen atoms in total. The van der Waals surface area contributed by atoms with Crippen molar-refractivity contribution in [3.63, 3.8) is 0 Å². The van der Waals surface area contributed by atoms with E-state index in [2.05, 4.69) is 0 Å². The summed E-state index contributed by atoms with van der Waals surface area (Å²) >= 11 is 0. The maximum Gasteiger partial charge on any atom is 0.311 e. The second-order valence-corrected chi connectivity index (χ2v) is 10.1. The second-order valence-electron chi connectivity index (χ2n) is 10.1. The molecule has 0 spiro atoms. The fourth-order valence-corrected chi connectivity index (χ4v) is 4.99. The molecule has 0 aliphatic heterocycles. The second kappa shape index (κ2) is 10.6. The van der Waals surface area contributed by atoms with Gasteiger partial charge in [0.15, 0.2) is 11.4 Å². The molecule has 7 heteroatoms. The van der Waals surface area contributed by atoms with Gasteiger partial charge >= 0.3 is 5.97 Å². The quantitative estimate of drug-likeness (QED) is 0.484. The van der Waals surface area contributed by atoms with E-state index >= 15 is 0 Å². The van der Waals surface area contributed by atoms with Crippen molar-refractivity contribution in [1.29, 1.82) is 0 Å². The lowest BCUT2D eigenvalue weighted by atomic mass is 9.72. The van der Waals surface area contributed by atoms with Crippen molar-refractivity contribution in [2.45, 2.75) is 104 Å². The summed E-state index contributed by atoms with van der Waals surface area (Å²) in [6, 6.07) is 0. The first kappa shape index (κ1) is 26.7. The van der Waals surface area contributed by atoms with E-state index < -0.39 is 47.5 Å². The number of carbonyl (C=O) groups is 3. The highest BCUT2D eigenvalue weighted by molar-refractivity contribution is 6.04. The minimum Gasteiger partial charge on any atom is -0.458 e. The number of ether oxygens (including phenoxy) is 1. The summed E-state index contributed by atoms with van der Waals surface area (Å²) in [4.78, 5) is 38.6. The maximum absolute atomic E-state index is 13.0. The molecule has 0 aromatic heterocycles. The molecule has 0 radical (unpaired) electrons. The van der Waals surface area contributed by atoms with Crippen LogP contribution < -0.4 is 0 Å². The molecule has 0 aromatic carbocycles. The highest BCUT2D eigenvalue weighted by Crippen LogP contribution is 2.37. The summed E-state index contributed by atoms with van der Waals surface area (Å²) in [5.74, 6) is -2.72. The van der Waals surface area contributed by atoms with Crippen molar-refractivity contribution in [3.8, 4) is 0 Å². The van der Waals surface area contributed by atoms with Gasteiger partial charge in [-0.25, -0.2) is 0 Å². The predicted molar refractivity (Wildman–Crippen MR) is 120 cm³/mol. The molecule has 0 heterocycles. The molecule has 2 rings (SSSR count). The van der Waals surface area contributed by atoms with Gasteiger partial charge in [0.05, 0.1) is 18.1 Å². The summed E-state index contributed by atoms with van der Waals surface area (Å²) in [6.45, 7) is 10.2. The molecule has 32 heavy (non-hydrogen) atoms. The number of hydrogen-bond donors (Lipinski definition) is 3. The number of carbonyl (C=O) groups excluding carboxylic acids is 3. The largest absolute Gasteiger partial charge is 0.458 e. The van der Waals surface area contributed by atoms with Crippen LogP contribution in [-0.2, 0) is 19.1 Å². The first-order valence-corrected chi connectivity index (χ1v) is 11.9. The van der Waals surface area contributed by atoms with Crippen molar-refractivity contribution in [1.82, 2.24) is 0 Å². The van der Waals surface area contributed by atoms with E-state index in [1.807, 2.05) is 20.8 Å². The molecule has 2 aliphatic carbocycles. The molecule has 2 aliphatic rings. The topological polar surface area (TPSA) is 121 Å². The molecular weight excluding hydrogens is 412 g/mol. The van der Waals surface area contributed by atoms with Crippen molar-refractivity contribution >= 4 is 17.5 Å². The number of aliphatic hydroxyl groups is 3. The third-order valence-electron chi connectivity index (χ3n) is 7.71. The van der Waals surface area contributed by atoms with E-state index in [1.165, 1.54) is 6.92 Å². The van der Waals surface area contributed by atoms with Crippen LogP contribution in [0, 0.1) is 23.7 Å². The van der Waals surface area contributed by atoms with E-state index in [9.17, 15) is 29.7 Å². The number of esters is 1. The highest BCUT2D eigenvalue weighted by Gasteiger charge is 2.48. The van der Waals surface area contributed by atoms with Gasteiger partial charge in [0.1, 0.15) is 11.9 Å². The zero-order chi connectivity index (χ0) is 24.4. The van der Waals surface area contributed by atoms with Crippen LogP contribution >= 0.6 is 0 Å². The molecule has 0 unspecified atom stereocenters. The Labute approximate surface area is 191 Å². The Morgan fingerprint density at radius 2 is 1.88 bits per heavy atom. The summed E-state index contributed by atoms with van der Waals surface area (Å²) < 4.78 is 5.54. The van der Waals surface area contributed by atoms with Crippen LogP contribution in [0.1, 0.15) is 80.1 Å². The fraction of sp³-hybridized carbons (Fsp3) is 0.800. The number of aliphatic hydroxyl groups excluding tert-OH is 2. The minimum atomic E-state index is -1.91. The average molecular weight is 453 g/mol. The smallest absolute Gasteiger partial charge is 0.311 e. The Morgan fingerprint density at radius 3 is 2.44 bits per heavy atom. The van der Waals surface area contributed by atoms with Crippen LogP contribution in [0.3, 0.4) is 0 Å². The van der Waals surface area contributed by atoms with Gasteiger partial charge in [0.2, 0.25) is 0 Å². The zero-order valence-corrected chi connectivity index (χ0v) is 20.3. The Kier molecular flexibility index (Phi) is 8.82. The van der Waals surface area contributed by atoms with E-state index in [1.54, 1.807) is 13.8 Å². The summed E-state index contributed by atoms with van der Waals surface area (Å²) in [5, 5.41) is 31.6. The Bertz CT molecular complexity index is 743. The number of Topliss-reactive ketones (excluding diaryl/α,β-unsaturated/α-hetero) is 2. The summed E-state index contributed by atoms with van der Waals surface area (Å²) in [5.41, 5.74) is -1.07. The third-order valence-corrected chi connectivity index (χ3v) is 7.71. The normalized spacial score (nSPS) is 34.1. The molecule has 182 valence electrons. The van der Waals surface area contributed by atoms with Crippen LogP contribution in [0.15, 0.2) is 11.1 Å². The van der Waals surface area contributed by atoms with Gasteiger partial charge in [-0.15, -0.1) is 0 Å². The molecule has 3 N–H and O–H groups in total. The van der Waals surface area contributed by atoms with Crippen molar-refractivity contribution in [2.75, 3.05) is 0 Å². The average Bonchev–Trinajstić information content (AvgIpc) is 2.73. The van der Waals surface area contributed by atoms with Crippen LogP contribution in [0.5, 0.6) is 0 Å². The SMILES string of the molecule is CC[C@H](C)[C@@H](O)[C@@H](C)C(=O)O[C@H]1CC(CC(=O)[C@H]2[C@H](C)CCC[C@@H]2O)=C(C)C(=O)[C@@]1(C)O. The number of hydrogen-bond acceptors (Lipinski definition) is 7. The van der Waals surface area contributed by atoms with Crippen molar-refractivity contribution < 1.29 is 34.4 Å². The van der Waals surface area contributed by atoms with Crippen molar-refractivity contribution in [2.24, 2.45) is 23.7 Å². The molecule has 0 amide bonds. The first-order chi connectivity index (χ1) is 14.8. The molecule has 0 bridgehead atoms. The lowest BCUT2D eigenvalue weighted by molar-refractivity contribution is -0.176. The van der Waals surface area contributed by atoms with Crippen molar-refractivity contribution in [3.05, 3.63) is 11.1 Å². The van der Waals surface area contributed by atoms with Crippen LogP contribution in [0.2, 0.25) is 0 Å². The molecular formula is C25H40O7. The molecule has 0 saturated heterocycles. The van der Waals surface area contributed by atoms with E-state index in [0.29, 0.717) is 24.0 Å². The van der Waals surface area contributed by atoms with Gasteiger partial charge in [-0.2, -0.15) is 0 Å². The Hall–Kier alpha value is -1.57. The van der Waals surface area contributed by atoms with Gasteiger partial charge < -0.3 is 20.1 Å². The van der Waals surface area contributed by atoms with E-state index in [4.69, 9.17) is 4.74 Å². The van der Waals surface area contributed by atoms with Crippen LogP contribution in [-0.4, -0.2) is 56.8 Å². The minimum absolute atomic E-state index is 0.0151. The van der Waals surface area contributed by atoms with Gasteiger partial charge in [-0.05, 0) is 51.0 Å². The first-order valence-electron chi connectivity index (χ1n) is 11.9. The maximum atomic E-state index is 13.0. The lowest BCUT2D eigenvalue weighted by Gasteiger charge is -2.38. The van der Waals surface area contributed by atoms with Gasteiger partial charge in [-0.1, -0.05) is 39.2 Å². The predicted octanol–water partition coefficient (Wildman–Crippen LogP) is 2.74. The fourth-order valence-electron chi connectivity index (χ4n) is 4.99. The molecule has 1 fully saturated rings. The zero-order valence-electron chi connectivity index (χ0n) is 20.3. The molecule has 8 atom stereocenters. The van der Waals surface area contributed by atoms with Gasteiger partial charge in [0.25, 0.3) is 0 Å².